The third-order valence-electron chi connectivity index (χ3n) is 1.81. The maximum Gasteiger partial charge on any atom is 0.269 e. The van der Waals surface area contributed by atoms with Crippen molar-refractivity contribution in [3.05, 3.63) is 38.9 Å². The number of halogens is 1. The van der Waals surface area contributed by atoms with Crippen LogP contribution in [0.2, 0.25) is 5.02 Å². The van der Waals surface area contributed by atoms with E-state index in [1.807, 2.05) is 13.8 Å². The summed E-state index contributed by atoms with van der Waals surface area (Å²) in [5, 5.41) is 11.0. The Morgan fingerprint density at radius 2 is 2.08 bits per heavy atom. The fourth-order valence-electron chi connectivity index (χ4n) is 1.09. The third kappa shape index (κ3) is 2.18. The average Bonchev–Trinajstić information content (AvgIpc) is 2.04. The lowest BCUT2D eigenvalue weighted by molar-refractivity contribution is -0.384. The molecule has 0 spiro atoms. The molecule has 0 atom stereocenters. The Balaban J connectivity index is 3.19. The van der Waals surface area contributed by atoms with Gasteiger partial charge in [-0.25, -0.2) is 0 Å². The first-order valence-corrected chi connectivity index (χ1v) is 4.34. The Kier molecular flexibility index (Phi) is 2.88. The van der Waals surface area contributed by atoms with E-state index in [2.05, 4.69) is 0 Å². The summed E-state index contributed by atoms with van der Waals surface area (Å²) in [5.74, 6) is 0.201. The molecule has 0 radical (unpaired) electrons. The van der Waals surface area contributed by atoms with Gasteiger partial charge in [0, 0.05) is 17.2 Å². The van der Waals surface area contributed by atoms with Crippen LogP contribution in [-0.4, -0.2) is 4.92 Å². The Labute approximate surface area is 81.5 Å². The molecule has 1 aromatic carbocycles. The molecule has 13 heavy (non-hydrogen) atoms. The predicted octanol–water partition coefficient (Wildman–Crippen LogP) is 3.37. The lowest BCUT2D eigenvalue weighted by Gasteiger charge is -2.06. The molecule has 3 nitrogen and oxygen atoms in total. The van der Waals surface area contributed by atoms with Crippen LogP contribution >= 0.6 is 11.6 Å². The molecule has 0 aromatic heterocycles. The monoisotopic (exact) mass is 199 g/mol. The lowest BCUT2D eigenvalue weighted by Crippen LogP contribution is -1.93. The maximum absolute atomic E-state index is 10.4. The first-order chi connectivity index (χ1) is 6.02. The molecule has 1 aromatic rings. The van der Waals surface area contributed by atoms with Crippen molar-refractivity contribution in [1.82, 2.24) is 0 Å². The lowest BCUT2D eigenvalue weighted by atomic mass is 10.0. The van der Waals surface area contributed by atoms with Gasteiger partial charge >= 0.3 is 0 Å². The molecule has 0 saturated heterocycles. The van der Waals surface area contributed by atoms with Crippen LogP contribution in [0.4, 0.5) is 5.69 Å². The maximum atomic E-state index is 10.4. The van der Waals surface area contributed by atoms with Crippen LogP contribution in [0, 0.1) is 10.1 Å². The molecule has 0 saturated carbocycles. The first-order valence-electron chi connectivity index (χ1n) is 3.96. The van der Waals surface area contributed by atoms with E-state index in [0.717, 1.165) is 5.56 Å². The second-order valence-electron chi connectivity index (χ2n) is 3.12. The Morgan fingerprint density at radius 1 is 1.46 bits per heavy atom. The summed E-state index contributed by atoms with van der Waals surface area (Å²) in [6.07, 6.45) is 0. The van der Waals surface area contributed by atoms with E-state index < -0.39 is 4.92 Å². The van der Waals surface area contributed by atoms with Crippen molar-refractivity contribution in [2.75, 3.05) is 0 Å². The van der Waals surface area contributed by atoms with Gasteiger partial charge in [-0.1, -0.05) is 25.4 Å². The summed E-state index contributed by atoms with van der Waals surface area (Å²) in [6.45, 7) is 3.90. The average molecular weight is 200 g/mol. The normalized spacial score (nSPS) is 10.5. The van der Waals surface area contributed by atoms with Crippen molar-refractivity contribution in [2.24, 2.45) is 0 Å². The number of benzene rings is 1. The summed E-state index contributed by atoms with van der Waals surface area (Å²) in [4.78, 5) is 10.0. The second kappa shape index (κ2) is 3.75. The van der Waals surface area contributed by atoms with Crippen molar-refractivity contribution in [3.8, 4) is 0 Å². The standard InChI is InChI=1S/C9H10ClNO2/c1-6(2)8-5-7(11(12)13)3-4-9(8)10/h3-6H,1-2H3. The molecule has 70 valence electrons. The number of hydrogen-bond donors (Lipinski definition) is 0. The Morgan fingerprint density at radius 3 is 2.54 bits per heavy atom. The Bertz CT molecular complexity index is 336. The highest BCUT2D eigenvalue weighted by molar-refractivity contribution is 6.31. The largest absolute Gasteiger partial charge is 0.269 e. The van der Waals surface area contributed by atoms with Gasteiger partial charge in [0.2, 0.25) is 0 Å². The van der Waals surface area contributed by atoms with Gasteiger partial charge in [0.15, 0.2) is 0 Å². The fraction of sp³-hybridized carbons (Fsp3) is 0.333. The number of nitro benzene ring substituents is 1. The summed E-state index contributed by atoms with van der Waals surface area (Å²) >= 11 is 5.87. The fourth-order valence-corrected chi connectivity index (χ4v) is 1.42. The van der Waals surface area contributed by atoms with Crippen LogP contribution in [-0.2, 0) is 0 Å². The van der Waals surface area contributed by atoms with Crippen LogP contribution in [0.1, 0.15) is 25.3 Å². The molecule has 0 heterocycles. The molecule has 0 amide bonds. The molecular weight excluding hydrogens is 190 g/mol. The predicted molar refractivity (Wildman–Crippen MR) is 52.2 cm³/mol. The summed E-state index contributed by atoms with van der Waals surface area (Å²) in [6, 6.07) is 4.50. The number of nitrogens with zero attached hydrogens (tertiary/aromatic N) is 1. The highest BCUT2D eigenvalue weighted by Gasteiger charge is 2.11. The van der Waals surface area contributed by atoms with Gasteiger partial charge in [0.25, 0.3) is 5.69 Å². The van der Waals surface area contributed by atoms with E-state index in [1.165, 1.54) is 12.1 Å². The number of non-ortho nitro benzene ring substituents is 1. The van der Waals surface area contributed by atoms with E-state index in [0.29, 0.717) is 5.02 Å². The van der Waals surface area contributed by atoms with Crippen LogP contribution in [0.3, 0.4) is 0 Å². The van der Waals surface area contributed by atoms with Gasteiger partial charge in [-0.2, -0.15) is 0 Å². The van der Waals surface area contributed by atoms with Gasteiger partial charge in [0.05, 0.1) is 4.92 Å². The van der Waals surface area contributed by atoms with Gasteiger partial charge in [-0.05, 0) is 17.5 Å². The summed E-state index contributed by atoms with van der Waals surface area (Å²) < 4.78 is 0. The third-order valence-corrected chi connectivity index (χ3v) is 2.16. The highest BCUT2D eigenvalue weighted by Crippen LogP contribution is 2.27. The van der Waals surface area contributed by atoms with Gasteiger partial charge < -0.3 is 0 Å². The Hall–Kier alpha value is -1.09. The van der Waals surface area contributed by atoms with Gasteiger partial charge in [-0.15, -0.1) is 0 Å². The SMILES string of the molecule is CC(C)c1cc([N+](=O)[O-])ccc1Cl. The second-order valence-corrected chi connectivity index (χ2v) is 3.52. The molecule has 4 heteroatoms. The summed E-state index contributed by atoms with van der Waals surface area (Å²) in [7, 11) is 0. The molecule has 1 rings (SSSR count). The van der Waals surface area contributed by atoms with Crippen LogP contribution in [0.15, 0.2) is 18.2 Å². The van der Waals surface area contributed by atoms with Crippen LogP contribution in [0.5, 0.6) is 0 Å². The molecular formula is C9H10ClNO2. The quantitative estimate of drug-likeness (QED) is 0.541. The topological polar surface area (TPSA) is 43.1 Å². The van der Waals surface area contributed by atoms with Gasteiger partial charge in [-0.3, -0.25) is 10.1 Å². The van der Waals surface area contributed by atoms with Crippen LogP contribution in [0.25, 0.3) is 0 Å². The minimum atomic E-state index is -0.414. The first kappa shape index (κ1) is 9.99. The van der Waals surface area contributed by atoms with E-state index in [9.17, 15) is 10.1 Å². The molecule has 0 unspecified atom stereocenters. The minimum absolute atomic E-state index is 0.0908. The van der Waals surface area contributed by atoms with Crippen molar-refractivity contribution in [1.29, 1.82) is 0 Å². The van der Waals surface area contributed by atoms with Crippen molar-refractivity contribution in [2.45, 2.75) is 19.8 Å². The summed E-state index contributed by atoms with van der Waals surface area (Å²) in [5.41, 5.74) is 0.906. The van der Waals surface area contributed by atoms with Crippen molar-refractivity contribution < 1.29 is 4.92 Å². The van der Waals surface area contributed by atoms with Crippen molar-refractivity contribution >= 4 is 17.3 Å². The molecule has 0 aliphatic rings. The zero-order valence-electron chi connectivity index (χ0n) is 7.45. The van der Waals surface area contributed by atoms with Crippen LogP contribution < -0.4 is 0 Å². The van der Waals surface area contributed by atoms with E-state index in [4.69, 9.17) is 11.6 Å². The van der Waals surface area contributed by atoms with E-state index >= 15 is 0 Å². The molecule has 0 aliphatic heterocycles. The molecule has 0 fully saturated rings. The van der Waals surface area contributed by atoms with Crippen molar-refractivity contribution in [3.63, 3.8) is 0 Å². The van der Waals surface area contributed by atoms with E-state index in [-0.39, 0.29) is 11.6 Å². The molecule has 0 bridgehead atoms. The number of nitro groups is 1. The molecule has 0 N–H and O–H groups in total. The van der Waals surface area contributed by atoms with E-state index in [1.54, 1.807) is 6.07 Å². The van der Waals surface area contributed by atoms with Gasteiger partial charge in [0.1, 0.15) is 0 Å². The molecule has 0 aliphatic carbocycles. The highest BCUT2D eigenvalue weighted by atomic mass is 35.5. The smallest absolute Gasteiger partial charge is 0.258 e. The zero-order valence-corrected chi connectivity index (χ0v) is 8.21. The zero-order chi connectivity index (χ0) is 10.0. The minimum Gasteiger partial charge on any atom is -0.258 e. The number of rotatable bonds is 2. The number of hydrogen-bond acceptors (Lipinski definition) is 2.